The van der Waals surface area contributed by atoms with Gasteiger partial charge >= 0.3 is 0 Å². The molecule has 0 atom stereocenters. The Labute approximate surface area is 114 Å². The van der Waals surface area contributed by atoms with Crippen molar-refractivity contribution in [2.45, 2.75) is 46.0 Å². The zero-order chi connectivity index (χ0) is 13.0. The molecule has 1 fully saturated rings. The predicted octanol–water partition coefficient (Wildman–Crippen LogP) is 2.86. The van der Waals surface area contributed by atoms with Crippen LogP contribution in [0.3, 0.4) is 0 Å². The average Bonchev–Trinajstić information content (AvgIpc) is 2.76. The maximum Gasteiger partial charge on any atom is 0.135 e. The van der Waals surface area contributed by atoms with Gasteiger partial charge in [0, 0.05) is 11.6 Å². The molecule has 3 radical (unpaired) electrons. The van der Waals surface area contributed by atoms with Gasteiger partial charge in [-0.1, -0.05) is 26.7 Å². The molecule has 1 aliphatic carbocycles. The second kappa shape index (κ2) is 5.87. The first-order chi connectivity index (χ1) is 8.61. The molecular weight excluding hydrogens is 238 g/mol. The first kappa shape index (κ1) is 13.6. The Bertz CT molecular complexity index is 386. The van der Waals surface area contributed by atoms with E-state index >= 15 is 0 Å². The Kier molecular flexibility index (Phi) is 4.43. The number of aromatic nitrogens is 1. The molecule has 1 saturated carbocycles. The lowest BCUT2D eigenvalue weighted by atomic mass is 9.79. The minimum atomic E-state index is 0.392. The summed E-state index contributed by atoms with van der Waals surface area (Å²) in [4.78, 5) is 4.20. The van der Waals surface area contributed by atoms with Crippen LogP contribution in [-0.2, 0) is 0 Å². The second-order valence-electron chi connectivity index (χ2n) is 5.94. The number of nitrogens with zero attached hydrogens (tertiary/aromatic N) is 1. The van der Waals surface area contributed by atoms with Gasteiger partial charge in [-0.3, -0.25) is 4.98 Å². The highest BCUT2D eigenvalue weighted by molar-refractivity contribution is 6.32. The third-order valence-electron chi connectivity index (χ3n) is 3.81. The lowest BCUT2D eigenvalue weighted by Gasteiger charge is -2.31. The molecule has 3 heteroatoms. The van der Waals surface area contributed by atoms with Crippen LogP contribution in [0.4, 0.5) is 0 Å². The maximum absolute atomic E-state index is 6.01. The SMILES string of the molecule is CC(C)CC1(COc2cccnc2[Si])CCCC1. The van der Waals surface area contributed by atoms with E-state index in [2.05, 4.69) is 29.1 Å². The van der Waals surface area contributed by atoms with E-state index in [4.69, 9.17) is 4.74 Å². The molecule has 1 heterocycles. The smallest absolute Gasteiger partial charge is 0.135 e. The van der Waals surface area contributed by atoms with Crippen LogP contribution in [0.1, 0.15) is 46.0 Å². The minimum absolute atomic E-state index is 0.392. The summed E-state index contributed by atoms with van der Waals surface area (Å²) in [5, 5.41) is 0.801. The zero-order valence-corrected chi connectivity index (χ0v) is 12.4. The van der Waals surface area contributed by atoms with E-state index in [1.54, 1.807) is 6.20 Å². The van der Waals surface area contributed by atoms with Crippen molar-refractivity contribution in [3.63, 3.8) is 0 Å². The van der Waals surface area contributed by atoms with Gasteiger partial charge in [0.2, 0.25) is 0 Å². The highest BCUT2D eigenvalue weighted by Crippen LogP contribution is 2.43. The van der Waals surface area contributed by atoms with E-state index in [9.17, 15) is 0 Å². The Hall–Kier alpha value is -0.833. The first-order valence-electron chi connectivity index (χ1n) is 6.91. The third-order valence-corrected chi connectivity index (χ3v) is 4.19. The molecule has 97 valence electrons. The van der Waals surface area contributed by atoms with Crippen LogP contribution >= 0.6 is 0 Å². The molecule has 1 aromatic rings. The van der Waals surface area contributed by atoms with Gasteiger partial charge in [0.15, 0.2) is 0 Å². The van der Waals surface area contributed by atoms with Crippen molar-refractivity contribution in [3.05, 3.63) is 18.3 Å². The quantitative estimate of drug-likeness (QED) is 0.760. The molecule has 1 aliphatic rings. The van der Waals surface area contributed by atoms with E-state index in [-0.39, 0.29) is 0 Å². The Morgan fingerprint density at radius 3 is 2.72 bits per heavy atom. The van der Waals surface area contributed by atoms with Gasteiger partial charge in [-0.2, -0.15) is 0 Å². The molecule has 0 saturated heterocycles. The van der Waals surface area contributed by atoms with Crippen molar-refractivity contribution in [2.24, 2.45) is 11.3 Å². The molecule has 1 aromatic heterocycles. The van der Waals surface area contributed by atoms with Crippen molar-refractivity contribution in [1.29, 1.82) is 0 Å². The highest BCUT2D eigenvalue weighted by Gasteiger charge is 2.35. The van der Waals surface area contributed by atoms with E-state index in [1.165, 1.54) is 32.1 Å². The van der Waals surface area contributed by atoms with Crippen molar-refractivity contribution in [2.75, 3.05) is 6.61 Å². The molecule has 0 amide bonds. The molecule has 0 bridgehead atoms. The van der Waals surface area contributed by atoms with Gasteiger partial charge in [-0.25, -0.2) is 0 Å². The average molecular weight is 260 g/mol. The number of rotatable bonds is 5. The summed E-state index contributed by atoms with van der Waals surface area (Å²) >= 11 is 0. The molecule has 0 unspecified atom stereocenters. The number of pyridine rings is 1. The molecule has 0 aromatic carbocycles. The Balaban J connectivity index is 2.00. The van der Waals surface area contributed by atoms with Crippen LogP contribution in [0.25, 0.3) is 0 Å². The van der Waals surface area contributed by atoms with Crippen LogP contribution in [0, 0.1) is 11.3 Å². The summed E-state index contributed by atoms with van der Waals surface area (Å²) in [6.07, 6.45) is 8.36. The normalized spacial score (nSPS) is 18.2. The summed E-state index contributed by atoms with van der Waals surface area (Å²) in [5.74, 6) is 1.60. The first-order valence-corrected chi connectivity index (χ1v) is 7.41. The highest BCUT2D eigenvalue weighted by atomic mass is 28.1. The predicted molar refractivity (Wildman–Crippen MR) is 75.5 cm³/mol. The van der Waals surface area contributed by atoms with Crippen LogP contribution in [-0.4, -0.2) is 21.8 Å². The number of hydrogen-bond donors (Lipinski definition) is 0. The summed E-state index contributed by atoms with van der Waals surface area (Å²) in [5.41, 5.74) is 0.392. The fraction of sp³-hybridized carbons (Fsp3) is 0.667. The molecule has 2 rings (SSSR count). The number of hydrogen-bond acceptors (Lipinski definition) is 2. The summed E-state index contributed by atoms with van der Waals surface area (Å²) < 4.78 is 6.01. The molecule has 18 heavy (non-hydrogen) atoms. The van der Waals surface area contributed by atoms with E-state index in [0.29, 0.717) is 5.41 Å². The van der Waals surface area contributed by atoms with Crippen LogP contribution in [0.2, 0.25) is 0 Å². The Morgan fingerprint density at radius 1 is 1.39 bits per heavy atom. The topological polar surface area (TPSA) is 22.1 Å². The minimum Gasteiger partial charge on any atom is -0.492 e. The van der Waals surface area contributed by atoms with Gasteiger partial charge in [0.25, 0.3) is 0 Å². The third kappa shape index (κ3) is 3.34. The van der Waals surface area contributed by atoms with Gasteiger partial charge < -0.3 is 4.74 Å². The van der Waals surface area contributed by atoms with Crippen molar-refractivity contribution < 1.29 is 4.74 Å². The lowest BCUT2D eigenvalue weighted by molar-refractivity contribution is 0.123. The summed E-state index contributed by atoms with van der Waals surface area (Å²) in [6.45, 7) is 5.44. The molecule has 0 aliphatic heterocycles. The van der Waals surface area contributed by atoms with E-state index < -0.39 is 0 Å². The second-order valence-corrected chi connectivity index (χ2v) is 6.42. The van der Waals surface area contributed by atoms with Crippen LogP contribution < -0.4 is 10.1 Å². The summed E-state index contributed by atoms with van der Waals surface area (Å²) in [7, 11) is 3.49. The van der Waals surface area contributed by atoms with E-state index in [0.717, 1.165) is 23.6 Å². The monoisotopic (exact) mass is 260 g/mol. The van der Waals surface area contributed by atoms with Crippen molar-refractivity contribution in [1.82, 2.24) is 4.98 Å². The molecular formula is C15H22NOSi. The number of ether oxygens (including phenoxy) is 1. The van der Waals surface area contributed by atoms with Gasteiger partial charge in [-0.15, -0.1) is 0 Å². The fourth-order valence-corrected chi connectivity index (χ4v) is 3.37. The van der Waals surface area contributed by atoms with Gasteiger partial charge in [-0.05, 0) is 37.3 Å². The van der Waals surface area contributed by atoms with Gasteiger partial charge in [0.05, 0.1) is 11.9 Å². The van der Waals surface area contributed by atoms with Crippen molar-refractivity contribution >= 4 is 15.6 Å². The largest absolute Gasteiger partial charge is 0.492 e. The standard InChI is InChI=1S/C15H22NOSi/c1-12(2)10-15(7-3-4-8-15)11-17-13-6-5-9-16-14(13)18/h5-6,9,12H,3-4,7-8,10-11H2,1-2H3. The summed E-state index contributed by atoms with van der Waals surface area (Å²) in [6, 6.07) is 3.90. The lowest BCUT2D eigenvalue weighted by Crippen LogP contribution is -2.28. The van der Waals surface area contributed by atoms with Gasteiger partial charge in [0.1, 0.15) is 16.0 Å². The molecule has 0 spiro atoms. The zero-order valence-electron chi connectivity index (χ0n) is 11.4. The molecule has 0 N–H and O–H groups in total. The van der Waals surface area contributed by atoms with Crippen LogP contribution in [0.15, 0.2) is 18.3 Å². The van der Waals surface area contributed by atoms with Crippen molar-refractivity contribution in [3.8, 4) is 5.75 Å². The Morgan fingerprint density at radius 2 is 2.11 bits per heavy atom. The molecule has 2 nitrogen and oxygen atoms in total. The van der Waals surface area contributed by atoms with E-state index in [1.807, 2.05) is 12.1 Å². The maximum atomic E-state index is 6.01. The van der Waals surface area contributed by atoms with Crippen LogP contribution in [0.5, 0.6) is 5.75 Å². The fourth-order valence-electron chi connectivity index (χ4n) is 3.14.